The van der Waals surface area contributed by atoms with Gasteiger partial charge in [0.15, 0.2) is 0 Å². The molecule has 1 heterocycles. The van der Waals surface area contributed by atoms with Gasteiger partial charge in [0.05, 0.1) is 5.52 Å². The van der Waals surface area contributed by atoms with E-state index in [-0.39, 0.29) is 0 Å². The van der Waals surface area contributed by atoms with Crippen LogP contribution in [0.2, 0.25) is 0 Å². The van der Waals surface area contributed by atoms with Crippen molar-refractivity contribution < 1.29 is 0 Å². The molecule has 0 fully saturated rings. The van der Waals surface area contributed by atoms with Gasteiger partial charge >= 0.3 is 0 Å². The topological polar surface area (TPSA) is 30.9 Å². The van der Waals surface area contributed by atoms with Crippen LogP contribution in [0.4, 0.5) is 5.69 Å². The molecule has 1 aromatic carbocycles. The molecule has 0 aliphatic rings. The number of benzene rings is 1. The molecule has 0 saturated carbocycles. The summed E-state index contributed by atoms with van der Waals surface area (Å²) < 4.78 is 2.19. The third-order valence-electron chi connectivity index (χ3n) is 2.33. The van der Waals surface area contributed by atoms with Crippen LogP contribution in [0.3, 0.4) is 0 Å². The summed E-state index contributed by atoms with van der Waals surface area (Å²) in [4.78, 5) is 0. The van der Waals surface area contributed by atoms with Crippen LogP contribution in [0.25, 0.3) is 10.9 Å². The van der Waals surface area contributed by atoms with E-state index in [2.05, 4.69) is 16.8 Å². The minimum Gasteiger partial charge on any atom is -0.399 e. The summed E-state index contributed by atoms with van der Waals surface area (Å²) in [6, 6.07) is 8.07. The summed E-state index contributed by atoms with van der Waals surface area (Å²) in [5.41, 5.74) is 7.74. The average molecular weight is 209 g/mol. The van der Waals surface area contributed by atoms with Gasteiger partial charge in [-0.25, -0.2) is 0 Å². The number of hydrogen-bond acceptors (Lipinski definition) is 1. The predicted molar refractivity (Wildman–Crippen MR) is 61.7 cm³/mol. The maximum Gasteiger partial charge on any atom is 0.0500 e. The third kappa shape index (κ3) is 1.70. The predicted octanol–water partition coefficient (Wildman–Crippen LogP) is 2.85. The van der Waals surface area contributed by atoms with Crippen molar-refractivity contribution in [2.24, 2.45) is 0 Å². The van der Waals surface area contributed by atoms with E-state index in [9.17, 15) is 0 Å². The van der Waals surface area contributed by atoms with E-state index in [0.29, 0.717) is 5.88 Å². The zero-order chi connectivity index (χ0) is 9.97. The third-order valence-corrected chi connectivity index (χ3v) is 2.60. The van der Waals surface area contributed by atoms with Crippen molar-refractivity contribution in [1.82, 2.24) is 4.57 Å². The molecule has 0 spiro atoms. The Hall–Kier alpha value is -1.15. The number of alkyl halides is 1. The van der Waals surface area contributed by atoms with Gasteiger partial charge in [-0.1, -0.05) is 6.07 Å². The number of nitrogens with zero attached hydrogens (tertiary/aromatic N) is 1. The SMILES string of the molecule is Nc1ccc2ccn(CCCCl)c2c1. The Morgan fingerprint density at radius 2 is 2.14 bits per heavy atom. The van der Waals surface area contributed by atoms with E-state index in [1.54, 1.807) is 0 Å². The lowest BCUT2D eigenvalue weighted by Crippen LogP contribution is -1.96. The van der Waals surface area contributed by atoms with Crippen molar-refractivity contribution in [3.05, 3.63) is 30.5 Å². The lowest BCUT2D eigenvalue weighted by molar-refractivity contribution is 0.707. The van der Waals surface area contributed by atoms with Gasteiger partial charge in [-0.05, 0) is 30.0 Å². The molecule has 2 nitrogen and oxygen atoms in total. The van der Waals surface area contributed by atoms with E-state index in [1.807, 2.05) is 18.2 Å². The number of aromatic nitrogens is 1. The molecule has 2 rings (SSSR count). The Bertz CT molecular complexity index is 434. The number of hydrogen-bond donors (Lipinski definition) is 1. The summed E-state index contributed by atoms with van der Waals surface area (Å²) in [6.45, 7) is 0.955. The van der Waals surface area contributed by atoms with E-state index in [0.717, 1.165) is 18.7 Å². The summed E-state index contributed by atoms with van der Waals surface area (Å²) in [7, 11) is 0. The maximum absolute atomic E-state index is 5.74. The number of rotatable bonds is 3. The summed E-state index contributed by atoms with van der Waals surface area (Å²) in [5, 5.41) is 1.23. The molecule has 14 heavy (non-hydrogen) atoms. The Balaban J connectivity index is 2.40. The fraction of sp³-hybridized carbons (Fsp3) is 0.273. The van der Waals surface area contributed by atoms with Crippen LogP contribution in [0.15, 0.2) is 30.5 Å². The second-order valence-corrected chi connectivity index (χ2v) is 3.75. The molecule has 1 aromatic heterocycles. The number of aryl methyl sites for hydroxylation is 1. The Morgan fingerprint density at radius 3 is 2.93 bits per heavy atom. The normalized spacial score (nSPS) is 10.9. The summed E-state index contributed by atoms with van der Waals surface area (Å²) in [5.74, 6) is 0.696. The molecular weight excluding hydrogens is 196 g/mol. The highest BCUT2D eigenvalue weighted by Crippen LogP contribution is 2.19. The fourth-order valence-corrected chi connectivity index (χ4v) is 1.75. The molecule has 0 saturated heterocycles. The molecule has 3 heteroatoms. The van der Waals surface area contributed by atoms with E-state index < -0.39 is 0 Å². The average Bonchev–Trinajstić information content (AvgIpc) is 2.57. The molecule has 0 bridgehead atoms. The first kappa shape index (κ1) is 9.41. The smallest absolute Gasteiger partial charge is 0.0500 e. The largest absolute Gasteiger partial charge is 0.399 e. The molecule has 74 valence electrons. The highest BCUT2D eigenvalue weighted by atomic mass is 35.5. The standard InChI is InChI=1S/C11H13ClN2/c12-5-1-6-14-7-4-9-2-3-10(13)8-11(9)14/h2-4,7-8H,1,5-6,13H2. The second-order valence-electron chi connectivity index (χ2n) is 3.37. The van der Waals surface area contributed by atoms with Gasteiger partial charge in [0.1, 0.15) is 0 Å². The first-order valence-electron chi connectivity index (χ1n) is 4.71. The van der Waals surface area contributed by atoms with Crippen molar-refractivity contribution in [1.29, 1.82) is 0 Å². The van der Waals surface area contributed by atoms with Crippen LogP contribution in [0.1, 0.15) is 6.42 Å². The Labute approximate surface area is 88.3 Å². The second kappa shape index (κ2) is 3.93. The number of nitrogens with two attached hydrogens (primary N) is 1. The van der Waals surface area contributed by atoms with Gasteiger partial charge in [0.2, 0.25) is 0 Å². The lowest BCUT2D eigenvalue weighted by Gasteiger charge is -2.03. The van der Waals surface area contributed by atoms with Gasteiger partial charge in [0, 0.05) is 24.3 Å². The molecule has 2 N–H and O–H groups in total. The lowest BCUT2D eigenvalue weighted by atomic mass is 10.2. The van der Waals surface area contributed by atoms with Crippen LogP contribution in [0, 0.1) is 0 Å². The van der Waals surface area contributed by atoms with Crippen molar-refractivity contribution in [3.63, 3.8) is 0 Å². The minimum atomic E-state index is 0.696. The van der Waals surface area contributed by atoms with E-state index in [4.69, 9.17) is 17.3 Å². The van der Waals surface area contributed by atoms with Crippen molar-refractivity contribution >= 4 is 28.2 Å². The minimum absolute atomic E-state index is 0.696. The molecule has 0 aliphatic heterocycles. The zero-order valence-electron chi connectivity index (χ0n) is 7.91. The summed E-state index contributed by atoms with van der Waals surface area (Å²) in [6.07, 6.45) is 3.07. The van der Waals surface area contributed by atoms with Crippen LogP contribution in [-0.4, -0.2) is 10.4 Å². The highest BCUT2D eigenvalue weighted by molar-refractivity contribution is 6.17. The monoisotopic (exact) mass is 208 g/mol. The fourth-order valence-electron chi connectivity index (χ4n) is 1.63. The van der Waals surface area contributed by atoms with E-state index in [1.165, 1.54) is 10.9 Å². The van der Waals surface area contributed by atoms with Crippen LogP contribution >= 0.6 is 11.6 Å². The van der Waals surface area contributed by atoms with Gasteiger partial charge in [-0.3, -0.25) is 0 Å². The number of fused-ring (bicyclic) bond motifs is 1. The number of anilines is 1. The molecule has 2 aromatic rings. The van der Waals surface area contributed by atoms with Crippen LogP contribution < -0.4 is 5.73 Å². The molecular formula is C11H13ClN2. The molecule has 0 unspecified atom stereocenters. The van der Waals surface area contributed by atoms with E-state index >= 15 is 0 Å². The maximum atomic E-state index is 5.74. The van der Waals surface area contributed by atoms with Gasteiger partial charge in [-0.15, -0.1) is 11.6 Å². The van der Waals surface area contributed by atoms with Gasteiger partial charge in [0.25, 0.3) is 0 Å². The quantitative estimate of drug-likeness (QED) is 0.610. The van der Waals surface area contributed by atoms with Crippen molar-refractivity contribution in [2.45, 2.75) is 13.0 Å². The van der Waals surface area contributed by atoms with Gasteiger partial charge < -0.3 is 10.3 Å². The first-order chi connectivity index (χ1) is 6.81. The Morgan fingerprint density at radius 1 is 1.29 bits per heavy atom. The molecule has 0 radical (unpaired) electrons. The first-order valence-corrected chi connectivity index (χ1v) is 5.25. The summed E-state index contributed by atoms with van der Waals surface area (Å²) >= 11 is 5.66. The van der Waals surface area contributed by atoms with Gasteiger partial charge in [-0.2, -0.15) is 0 Å². The highest BCUT2D eigenvalue weighted by Gasteiger charge is 2.00. The zero-order valence-corrected chi connectivity index (χ0v) is 8.67. The molecule has 0 atom stereocenters. The molecule has 0 amide bonds. The molecule has 0 aliphatic carbocycles. The van der Waals surface area contributed by atoms with Crippen LogP contribution in [-0.2, 0) is 6.54 Å². The van der Waals surface area contributed by atoms with Crippen molar-refractivity contribution in [3.8, 4) is 0 Å². The Kier molecular flexibility index (Phi) is 2.64. The number of nitrogen functional groups attached to an aromatic ring is 1. The van der Waals surface area contributed by atoms with Crippen molar-refractivity contribution in [2.75, 3.05) is 11.6 Å². The number of halogens is 1. The van der Waals surface area contributed by atoms with Crippen LogP contribution in [0.5, 0.6) is 0 Å².